The molecule has 0 bridgehead atoms. The number of nitrogens with zero attached hydrogens (tertiary/aromatic N) is 2. The highest BCUT2D eigenvalue weighted by molar-refractivity contribution is 7.98. The zero-order valence-electron chi connectivity index (χ0n) is 43.3. The fourth-order valence-corrected chi connectivity index (χ4v) is 7.80. The molecule has 0 heterocycles. The van der Waals surface area contributed by atoms with Crippen molar-refractivity contribution in [3.63, 3.8) is 0 Å². The standard InChI is InChI=1S/C48H85N15O8S/c1-8-29(4)38(39(50)64)63-46(71)37(27-32-17-10-9-11-18-32)62-44(69)35(21-25-72-7)58-41(66)31(6)57-42(67)33(19-12-13-22-49)59-43(68)34(20-15-24-56-48(53)54)60-45(70)36(26-28(2)3)61-40(65)30(5)16-14-23-55-47(51)52/h9-11,17-18,28-31,33-38H,8,12-16,19-27,49H2,1-7H3,(H2,50,64)(H,57,67)(H,58,66)(H,59,68)(H,60,70)(H,61,65)(H,62,69)(H,63,71)(H4,51,52,55)(H4,53,54,56)/t29-,30-,31-,33-,34-,35-,36-,37-,38-/m0/s1. The van der Waals surface area contributed by atoms with E-state index >= 15 is 0 Å². The zero-order chi connectivity index (χ0) is 54.3. The predicted molar refractivity (Wildman–Crippen MR) is 282 cm³/mol. The lowest BCUT2D eigenvalue weighted by Gasteiger charge is -2.28. The maximum Gasteiger partial charge on any atom is 0.243 e. The topological polar surface area (TPSA) is 402 Å². The molecule has 0 fully saturated rings. The SMILES string of the molecule is CC[C@H](C)[C@H](NC(=O)[C@H](Cc1ccccc1)NC(=O)[C@H](CCSC)NC(=O)[C@H](C)NC(=O)[C@H](CCCCN)NC(=O)[C@H](CCCN=C(N)N)NC(=O)[C@H](CC(C)C)NC(=O)[C@@H](C)CCCN=C(N)N)C(N)=O. The van der Waals surface area contributed by atoms with Gasteiger partial charge in [-0.05, 0) is 101 Å². The quantitative estimate of drug-likeness (QED) is 0.0215. The largest absolute Gasteiger partial charge is 0.370 e. The maximum atomic E-state index is 14.1. The van der Waals surface area contributed by atoms with Crippen LogP contribution in [0.15, 0.2) is 40.3 Å². The van der Waals surface area contributed by atoms with E-state index in [1.165, 1.54) is 18.7 Å². The van der Waals surface area contributed by atoms with Gasteiger partial charge in [0, 0.05) is 25.4 Å². The van der Waals surface area contributed by atoms with E-state index in [9.17, 15) is 38.4 Å². The molecule has 0 aliphatic heterocycles. The van der Waals surface area contributed by atoms with Gasteiger partial charge in [0.1, 0.15) is 42.3 Å². The number of rotatable bonds is 36. The second kappa shape index (κ2) is 35.0. The highest BCUT2D eigenvalue weighted by atomic mass is 32.2. The zero-order valence-corrected chi connectivity index (χ0v) is 44.1. The molecule has 0 aliphatic rings. The molecule has 9 atom stereocenters. The van der Waals surface area contributed by atoms with Gasteiger partial charge in [-0.1, -0.05) is 71.4 Å². The minimum atomic E-state index is -1.23. The van der Waals surface area contributed by atoms with Gasteiger partial charge >= 0.3 is 0 Å². The molecule has 1 aromatic rings. The molecule has 1 rings (SSSR count). The Bertz CT molecular complexity index is 1930. The third-order valence-electron chi connectivity index (χ3n) is 11.8. The van der Waals surface area contributed by atoms with E-state index in [-0.39, 0.29) is 74.7 Å². The van der Waals surface area contributed by atoms with Crippen LogP contribution < -0.4 is 71.6 Å². The Morgan fingerprint density at radius 1 is 0.556 bits per heavy atom. The van der Waals surface area contributed by atoms with Gasteiger partial charge in [0.05, 0.1) is 0 Å². The van der Waals surface area contributed by atoms with Crippen molar-refractivity contribution in [2.45, 2.75) is 154 Å². The van der Waals surface area contributed by atoms with Gasteiger partial charge in [-0.15, -0.1) is 0 Å². The molecule has 23 nitrogen and oxygen atoms in total. The molecule has 406 valence electrons. The molecule has 8 amide bonds. The highest BCUT2D eigenvalue weighted by Crippen LogP contribution is 2.14. The van der Waals surface area contributed by atoms with Crippen molar-refractivity contribution < 1.29 is 38.4 Å². The lowest BCUT2D eigenvalue weighted by Crippen LogP contribution is -2.60. The third-order valence-corrected chi connectivity index (χ3v) is 12.4. The number of guanidine groups is 2. The van der Waals surface area contributed by atoms with Crippen LogP contribution in [0, 0.1) is 17.8 Å². The Kier molecular flexibility index (Phi) is 31.1. The number of hydrogen-bond acceptors (Lipinski definition) is 12. The molecule has 0 spiro atoms. The van der Waals surface area contributed by atoms with Crippen molar-refractivity contribution in [3.8, 4) is 0 Å². The Morgan fingerprint density at radius 3 is 1.54 bits per heavy atom. The Morgan fingerprint density at radius 2 is 1.03 bits per heavy atom. The number of unbranched alkanes of at least 4 members (excludes halogenated alkanes) is 1. The molecule has 0 radical (unpaired) electrons. The van der Waals surface area contributed by atoms with Crippen LogP contribution in [0.3, 0.4) is 0 Å². The number of nitrogens with two attached hydrogens (primary N) is 6. The second-order valence-corrected chi connectivity index (χ2v) is 19.5. The summed E-state index contributed by atoms with van der Waals surface area (Å²) in [6.45, 7) is 11.3. The Balaban J connectivity index is 3.37. The van der Waals surface area contributed by atoms with E-state index in [0.717, 1.165) is 5.56 Å². The smallest absolute Gasteiger partial charge is 0.243 e. The van der Waals surface area contributed by atoms with E-state index in [1.54, 1.807) is 38.1 Å². The number of benzene rings is 1. The minimum absolute atomic E-state index is 0.0302. The van der Waals surface area contributed by atoms with E-state index in [0.29, 0.717) is 50.9 Å². The molecule has 0 saturated carbocycles. The van der Waals surface area contributed by atoms with E-state index in [2.05, 4.69) is 47.2 Å². The molecule has 1 aromatic carbocycles. The molecule has 19 N–H and O–H groups in total. The molecular formula is C48H85N15O8S. The molecule has 24 heteroatoms. The Hall–Kier alpha value is -6.17. The summed E-state index contributed by atoms with van der Waals surface area (Å²) < 4.78 is 0. The number of aliphatic imine (C=N–C) groups is 2. The molecule has 72 heavy (non-hydrogen) atoms. The molecule has 0 saturated heterocycles. The van der Waals surface area contributed by atoms with Gasteiger partial charge in [-0.25, -0.2) is 0 Å². The number of amides is 8. The van der Waals surface area contributed by atoms with Crippen LogP contribution >= 0.6 is 11.8 Å². The molecule has 0 unspecified atom stereocenters. The van der Waals surface area contributed by atoms with Crippen LogP contribution in [0.25, 0.3) is 0 Å². The van der Waals surface area contributed by atoms with Crippen LogP contribution in [-0.4, -0.2) is 133 Å². The summed E-state index contributed by atoms with van der Waals surface area (Å²) in [5.74, 6) is -5.74. The van der Waals surface area contributed by atoms with E-state index < -0.39 is 89.6 Å². The lowest BCUT2D eigenvalue weighted by atomic mass is 9.97. The molecular weight excluding hydrogens is 947 g/mol. The number of primary amides is 1. The van der Waals surface area contributed by atoms with Crippen molar-refractivity contribution >= 4 is 70.9 Å². The van der Waals surface area contributed by atoms with Crippen molar-refractivity contribution in [1.29, 1.82) is 0 Å². The van der Waals surface area contributed by atoms with Crippen molar-refractivity contribution in [2.75, 3.05) is 31.6 Å². The summed E-state index contributed by atoms with van der Waals surface area (Å²) in [6.07, 6.45) is 5.17. The summed E-state index contributed by atoms with van der Waals surface area (Å²) in [6, 6.07) is 1.02. The van der Waals surface area contributed by atoms with Crippen LogP contribution in [0.2, 0.25) is 0 Å². The summed E-state index contributed by atoms with van der Waals surface area (Å²) in [5, 5.41) is 19.2. The minimum Gasteiger partial charge on any atom is -0.370 e. The lowest BCUT2D eigenvalue weighted by molar-refractivity contribution is -0.136. The van der Waals surface area contributed by atoms with Crippen LogP contribution in [0.4, 0.5) is 0 Å². The van der Waals surface area contributed by atoms with Crippen molar-refractivity contribution in [2.24, 2.45) is 62.1 Å². The highest BCUT2D eigenvalue weighted by Gasteiger charge is 2.34. The molecule has 0 aromatic heterocycles. The first-order chi connectivity index (χ1) is 34.0. The fourth-order valence-electron chi connectivity index (χ4n) is 7.33. The normalized spacial score (nSPS) is 14.8. The summed E-state index contributed by atoms with van der Waals surface area (Å²) in [5.41, 5.74) is 34.0. The van der Waals surface area contributed by atoms with Gasteiger partial charge in [-0.2, -0.15) is 11.8 Å². The summed E-state index contributed by atoms with van der Waals surface area (Å²) in [4.78, 5) is 117. The summed E-state index contributed by atoms with van der Waals surface area (Å²) >= 11 is 1.43. The maximum absolute atomic E-state index is 14.1. The monoisotopic (exact) mass is 1030 g/mol. The molecule has 0 aliphatic carbocycles. The van der Waals surface area contributed by atoms with Crippen LogP contribution in [-0.2, 0) is 44.8 Å². The van der Waals surface area contributed by atoms with Gasteiger partial charge in [0.25, 0.3) is 0 Å². The van der Waals surface area contributed by atoms with Crippen LogP contribution in [0.5, 0.6) is 0 Å². The van der Waals surface area contributed by atoms with Crippen molar-refractivity contribution in [3.05, 3.63) is 35.9 Å². The summed E-state index contributed by atoms with van der Waals surface area (Å²) in [7, 11) is 0. The predicted octanol–water partition coefficient (Wildman–Crippen LogP) is -1.15. The number of hydrogen-bond donors (Lipinski definition) is 13. The van der Waals surface area contributed by atoms with Gasteiger partial charge in [-0.3, -0.25) is 48.3 Å². The van der Waals surface area contributed by atoms with Gasteiger partial charge < -0.3 is 71.6 Å². The average Bonchev–Trinajstić information content (AvgIpc) is 3.32. The first-order valence-electron chi connectivity index (χ1n) is 24.8. The van der Waals surface area contributed by atoms with E-state index in [4.69, 9.17) is 34.4 Å². The number of thioether (sulfide) groups is 1. The fraction of sp³-hybridized carbons (Fsp3) is 0.667. The van der Waals surface area contributed by atoms with Gasteiger partial charge in [0.15, 0.2) is 11.9 Å². The average molecular weight is 1030 g/mol. The van der Waals surface area contributed by atoms with Crippen molar-refractivity contribution in [1.82, 2.24) is 37.2 Å². The van der Waals surface area contributed by atoms with Crippen LogP contribution in [0.1, 0.15) is 111 Å². The first kappa shape index (κ1) is 63.8. The second-order valence-electron chi connectivity index (χ2n) is 18.5. The van der Waals surface area contributed by atoms with Gasteiger partial charge in [0.2, 0.25) is 47.3 Å². The Labute approximate surface area is 429 Å². The first-order valence-corrected chi connectivity index (χ1v) is 26.2. The van der Waals surface area contributed by atoms with E-state index in [1.807, 2.05) is 33.1 Å². The third kappa shape index (κ3) is 25.8. The number of carbonyl (C=O) groups excluding carboxylic acids is 8. The number of nitrogens with one attached hydrogen (secondary N) is 7. The number of carbonyl (C=O) groups is 8.